The number of likely N-dealkylation sites (N-methyl/N-ethyl adjacent to an activating group) is 1. The monoisotopic (exact) mass is 382 g/mol. The van der Waals surface area contributed by atoms with Crippen molar-refractivity contribution in [2.45, 2.75) is 89.8 Å². The number of ether oxygens (including phenoxy) is 1. The highest BCUT2D eigenvalue weighted by Gasteiger charge is 2.55. The van der Waals surface area contributed by atoms with Gasteiger partial charge in [0.15, 0.2) is 0 Å². The number of hydrogen-bond donors (Lipinski definition) is 1. The Labute approximate surface area is 162 Å². The molecule has 0 spiro atoms. The van der Waals surface area contributed by atoms with Crippen LogP contribution in [-0.2, 0) is 14.3 Å². The number of carbonyl (C=O) groups is 3. The number of aliphatic carboxylic acids is 1. The van der Waals surface area contributed by atoms with Gasteiger partial charge >= 0.3 is 12.1 Å². The van der Waals surface area contributed by atoms with Gasteiger partial charge in [-0.25, -0.2) is 9.59 Å². The van der Waals surface area contributed by atoms with Crippen LogP contribution in [0.25, 0.3) is 0 Å². The maximum atomic E-state index is 13.2. The minimum Gasteiger partial charge on any atom is -0.479 e. The van der Waals surface area contributed by atoms with Gasteiger partial charge in [0.1, 0.15) is 17.2 Å². The number of nitrogens with zero attached hydrogens (tertiary/aromatic N) is 2. The van der Waals surface area contributed by atoms with Crippen molar-refractivity contribution in [1.29, 1.82) is 0 Å². The van der Waals surface area contributed by atoms with Crippen LogP contribution < -0.4 is 0 Å². The first-order chi connectivity index (χ1) is 12.5. The van der Waals surface area contributed by atoms with E-state index in [4.69, 9.17) is 4.74 Å². The van der Waals surface area contributed by atoms with Gasteiger partial charge < -0.3 is 14.7 Å². The highest BCUT2D eigenvalue weighted by molar-refractivity contribution is 5.92. The number of amides is 2. The van der Waals surface area contributed by atoms with Crippen molar-refractivity contribution in [1.82, 2.24) is 9.80 Å². The highest BCUT2D eigenvalue weighted by Crippen LogP contribution is 2.43. The molecule has 1 N–H and O–H groups in total. The zero-order chi connectivity index (χ0) is 20.4. The van der Waals surface area contributed by atoms with E-state index in [0.717, 1.165) is 32.1 Å². The molecule has 2 aliphatic rings. The molecule has 0 aromatic carbocycles. The minimum absolute atomic E-state index is 0.0192. The molecular formula is C20H34N2O5. The number of carboxylic acid groups (broad SMARTS) is 1. The van der Waals surface area contributed by atoms with E-state index in [1.165, 1.54) is 16.8 Å². The fraction of sp³-hybridized carbons (Fsp3) is 0.850. The van der Waals surface area contributed by atoms with Gasteiger partial charge in [0.2, 0.25) is 5.91 Å². The summed E-state index contributed by atoms with van der Waals surface area (Å²) in [4.78, 5) is 40.7. The SMILES string of the molecule is C[C@@H](C(=O)N1CCC[C@]1(C(=O)O)C1CCCCC1)N(C)C(=O)OC(C)(C)C. The number of likely N-dealkylation sites (tertiary alicyclic amines) is 1. The maximum Gasteiger partial charge on any atom is 0.410 e. The van der Waals surface area contributed by atoms with Crippen molar-refractivity contribution in [2.75, 3.05) is 13.6 Å². The summed E-state index contributed by atoms with van der Waals surface area (Å²) in [5.74, 6) is -1.24. The van der Waals surface area contributed by atoms with Crippen LogP contribution in [0.4, 0.5) is 4.79 Å². The molecule has 1 saturated carbocycles. The van der Waals surface area contributed by atoms with Crippen LogP contribution in [0.15, 0.2) is 0 Å². The summed E-state index contributed by atoms with van der Waals surface area (Å²) in [6.45, 7) is 7.37. The molecule has 0 radical (unpaired) electrons. The molecule has 1 heterocycles. The Balaban J connectivity index is 2.21. The summed E-state index contributed by atoms with van der Waals surface area (Å²) in [6.07, 6.45) is 5.40. The number of hydrogen-bond acceptors (Lipinski definition) is 4. The third-order valence-corrected chi connectivity index (χ3v) is 5.96. The second kappa shape index (κ2) is 8.07. The molecule has 1 aliphatic heterocycles. The van der Waals surface area contributed by atoms with E-state index in [1.54, 1.807) is 27.7 Å². The third kappa shape index (κ3) is 4.38. The molecule has 2 amide bonds. The summed E-state index contributed by atoms with van der Waals surface area (Å²) in [7, 11) is 1.52. The predicted octanol–water partition coefficient (Wildman–Crippen LogP) is 3.27. The lowest BCUT2D eigenvalue weighted by molar-refractivity contribution is -0.163. The molecule has 27 heavy (non-hydrogen) atoms. The highest BCUT2D eigenvalue weighted by atomic mass is 16.6. The third-order valence-electron chi connectivity index (χ3n) is 5.96. The Hall–Kier alpha value is -1.79. The minimum atomic E-state index is -1.14. The van der Waals surface area contributed by atoms with Gasteiger partial charge in [0, 0.05) is 13.6 Å². The summed E-state index contributed by atoms with van der Waals surface area (Å²) >= 11 is 0. The Morgan fingerprint density at radius 1 is 1.15 bits per heavy atom. The molecule has 7 nitrogen and oxygen atoms in total. The molecule has 2 rings (SSSR count). The van der Waals surface area contributed by atoms with Crippen LogP contribution in [0.1, 0.15) is 72.6 Å². The van der Waals surface area contributed by atoms with E-state index < -0.39 is 29.2 Å². The number of carbonyl (C=O) groups excluding carboxylic acids is 2. The van der Waals surface area contributed by atoms with Crippen molar-refractivity contribution in [3.63, 3.8) is 0 Å². The molecule has 0 unspecified atom stereocenters. The van der Waals surface area contributed by atoms with Crippen LogP contribution in [-0.4, -0.2) is 63.7 Å². The molecular weight excluding hydrogens is 348 g/mol. The maximum absolute atomic E-state index is 13.2. The summed E-state index contributed by atoms with van der Waals surface area (Å²) < 4.78 is 5.35. The molecule has 154 valence electrons. The smallest absolute Gasteiger partial charge is 0.410 e. The first kappa shape index (κ1) is 21.5. The van der Waals surface area contributed by atoms with Crippen molar-refractivity contribution in [3.8, 4) is 0 Å². The largest absolute Gasteiger partial charge is 0.479 e. The lowest BCUT2D eigenvalue weighted by Gasteiger charge is -2.44. The van der Waals surface area contributed by atoms with Gasteiger partial charge in [0.25, 0.3) is 0 Å². The fourth-order valence-electron chi connectivity index (χ4n) is 4.43. The molecule has 0 bridgehead atoms. The summed E-state index contributed by atoms with van der Waals surface area (Å²) in [5.41, 5.74) is -1.80. The Morgan fingerprint density at radius 2 is 1.74 bits per heavy atom. The van der Waals surface area contributed by atoms with Crippen molar-refractivity contribution in [3.05, 3.63) is 0 Å². The van der Waals surface area contributed by atoms with Gasteiger partial charge in [-0.3, -0.25) is 9.69 Å². The molecule has 1 aliphatic carbocycles. The van der Waals surface area contributed by atoms with Crippen LogP contribution in [0.2, 0.25) is 0 Å². The van der Waals surface area contributed by atoms with Gasteiger partial charge in [-0.2, -0.15) is 0 Å². The molecule has 1 saturated heterocycles. The first-order valence-corrected chi connectivity index (χ1v) is 10.0. The van der Waals surface area contributed by atoms with Crippen LogP contribution in [0.3, 0.4) is 0 Å². The second-order valence-electron chi connectivity index (χ2n) is 8.92. The van der Waals surface area contributed by atoms with Crippen molar-refractivity contribution in [2.24, 2.45) is 5.92 Å². The average molecular weight is 383 g/mol. The molecule has 0 aromatic heterocycles. The molecule has 0 aromatic rings. The topological polar surface area (TPSA) is 87.2 Å². The summed E-state index contributed by atoms with van der Waals surface area (Å²) in [6, 6.07) is -0.778. The van der Waals surface area contributed by atoms with E-state index in [2.05, 4.69) is 0 Å². The lowest BCUT2D eigenvalue weighted by atomic mass is 9.73. The van der Waals surface area contributed by atoms with Crippen LogP contribution in [0, 0.1) is 5.92 Å². The molecule has 7 heteroatoms. The van der Waals surface area contributed by atoms with Crippen molar-refractivity contribution < 1.29 is 24.2 Å². The van der Waals surface area contributed by atoms with E-state index in [9.17, 15) is 19.5 Å². The van der Waals surface area contributed by atoms with E-state index in [0.29, 0.717) is 19.4 Å². The van der Waals surface area contributed by atoms with Gasteiger partial charge in [-0.05, 0) is 59.3 Å². The van der Waals surface area contributed by atoms with Gasteiger partial charge in [-0.15, -0.1) is 0 Å². The Morgan fingerprint density at radius 3 is 2.26 bits per heavy atom. The lowest BCUT2D eigenvalue weighted by Crippen LogP contribution is -2.61. The summed E-state index contributed by atoms with van der Waals surface area (Å²) in [5, 5.41) is 10.1. The number of rotatable bonds is 4. The predicted molar refractivity (Wildman–Crippen MR) is 101 cm³/mol. The van der Waals surface area contributed by atoms with E-state index in [1.807, 2.05) is 0 Å². The van der Waals surface area contributed by atoms with Crippen LogP contribution >= 0.6 is 0 Å². The first-order valence-electron chi connectivity index (χ1n) is 10.0. The van der Waals surface area contributed by atoms with Crippen molar-refractivity contribution >= 4 is 18.0 Å². The van der Waals surface area contributed by atoms with Gasteiger partial charge in [-0.1, -0.05) is 19.3 Å². The zero-order valence-electron chi connectivity index (χ0n) is 17.3. The van der Waals surface area contributed by atoms with E-state index in [-0.39, 0.29) is 11.8 Å². The fourth-order valence-corrected chi connectivity index (χ4v) is 4.43. The second-order valence-corrected chi connectivity index (χ2v) is 8.92. The van der Waals surface area contributed by atoms with E-state index >= 15 is 0 Å². The molecule has 2 fully saturated rings. The normalized spacial score (nSPS) is 25.1. The standard InChI is InChI=1S/C20H34N2O5/c1-14(21(5)18(26)27-19(2,3)4)16(23)22-13-9-12-20(22,17(24)25)15-10-7-6-8-11-15/h14-15H,6-13H2,1-5H3,(H,24,25)/t14-,20+/m0/s1. The quantitative estimate of drug-likeness (QED) is 0.806. The van der Waals surface area contributed by atoms with Crippen LogP contribution in [0.5, 0.6) is 0 Å². The Bertz CT molecular complexity index is 579. The molecule has 2 atom stereocenters. The zero-order valence-corrected chi connectivity index (χ0v) is 17.3. The number of carboxylic acids is 1. The van der Waals surface area contributed by atoms with Gasteiger partial charge in [0.05, 0.1) is 0 Å². The Kier molecular flexibility index (Phi) is 6.43. The average Bonchev–Trinajstić information content (AvgIpc) is 3.05.